The largest absolute Gasteiger partial charge is 0.388 e. The SMILES string of the molecule is CCNC(=O)C(C)Nc1ccnc(C(N)=S)c1. The second kappa shape index (κ2) is 6.15. The molecule has 0 saturated heterocycles. The van der Waals surface area contributed by atoms with Crippen LogP contribution in [0.1, 0.15) is 19.5 Å². The minimum atomic E-state index is -0.323. The van der Waals surface area contributed by atoms with Crippen molar-refractivity contribution in [3.05, 3.63) is 24.0 Å². The maximum absolute atomic E-state index is 11.5. The van der Waals surface area contributed by atoms with Gasteiger partial charge in [0.2, 0.25) is 5.91 Å². The Hall–Kier alpha value is -1.69. The lowest BCUT2D eigenvalue weighted by molar-refractivity contribution is -0.121. The third kappa shape index (κ3) is 3.99. The zero-order valence-corrected chi connectivity index (χ0v) is 10.7. The molecule has 5 nitrogen and oxygen atoms in total. The number of pyridine rings is 1. The highest BCUT2D eigenvalue weighted by atomic mass is 32.1. The van der Waals surface area contributed by atoms with E-state index in [4.69, 9.17) is 18.0 Å². The van der Waals surface area contributed by atoms with Crippen molar-refractivity contribution in [3.63, 3.8) is 0 Å². The van der Waals surface area contributed by atoms with Crippen LogP contribution in [0.25, 0.3) is 0 Å². The Morgan fingerprint density at radius 3 is 2.94 bits per heavy atom. The first-order chi connectivity index (χ1) is 8.04. The highest BCUT2D eigenvalue weighted by Crippen LogP contribution is 2.09. The molecule has 0 aliphatic heterocycles. The number of carbonyl (C=O) groups excluding carboxylic acids is 1. The molecule has 1 aromatic rings. The molecule has 1 atom stereocenters. The first-order valence-electron chi connectivity index (χ1n) is 5.34. The fraction of sp³-hybridized carbons (Fsp3) is 0.364. The smallest absolute Gasteiger partial charge is 0.242 e. The summed E-state index contributed by atoms with van der Waals surface area (Å²) in [5.74, 6) is -0.0545. The Balaban J connectivity index is 2.71. The molecule has 0 radical (unpaired) electrons. The van der Waals surface area contributed by atoms with Crippen molar-refractivity contribution in [2.75, 3.05) is 11.9 Å². The molecule has 17 heavy (non-hydrogen) atoms. The van der Waals surface area contributed by atoms with Crippen molar-refractivity contribution in [1.82, 2.24) is 10.3 Å². The molecule has 0 bridgehead atoms. The summed E-state index contributed by atoms with van der Waals surface area (Å²) < 4.78 is 0. The van der Waals surface area contributed by atoms with Crippen molar-refractivity contribution in [1.29, 1.82) is 0 Å². The Kier molecular flexibility index (Phi) is 4.84. The number of amides is 1. The number of rotatable bonds is 5. The van der Waals surface area contributed by atoms with E-state index in [1.807, 2.05) is 6.92 Å². The summed E-state index contributed by atoms with van der Waals surface area (Å²) in [5.41, 5.74) is 6.78. The standard InChI is InChI=1S/C11H16N4OS/c1-3-13-11(16)7(2)15-8-4-5-14-9(6-8)10(12)17/h4-7H,3H2,1-2H3,(H2,12,17)(H,13,16)(H,14,15). The molecule has 6 heteroatoms. The van der Waals surface area contributed by atoms with Gasteiger partial charge < -0.3 is 16.4 Å². The number of thiocarbonyl (C=S) groups is 1. The van der Waals surface area contributed by atoms with Gasteiger partial charge in [-0.25, -0.2) is 0 Å². The van der Waals surface area contributed by atoms with E-state index in [1.165, 1.54) is 0 Å². The Labute approximate surface area is 106 Å². The third-order valence-corrected chi connectivity index (χ3v) is 2.35. The lowest BCUT2D eigenvalue weighted by Gasteiger charge is -2.14. The van der Waals surface area contributed by atoms with Crippen LogP contribution >= 0.6 is 12.2 Å². The fourth-order valence-corrected chi connectivity index (χ4v) is 1.41. The van der Waals surface area contributed by atoms with Gasteiger partial charge in [-0.2, -0.15) is 0 Å². The van der Waals surface area contributed by atoms with Crippen LogP contribution in [0.15, 0.2) is 18.3 Å². The van der Waals surface area contributed by atoms with E-state index < -0.39 is 0 Å². The van der Waals surface area contributed by atoms with Gasteiger partial charge in [0, 0.05) is 18.4 Å². The zero-order valence-electron chi connectivity index (χ0n) is 9.86. The van der Waals surface area contributed by atoms with Crippen molar-refractivity contribution >= 4 is 28.8 Å². The van der Waals surface area contributed by atoms with E-state index in [2.05, 4.69) is 15.6 Å². The number of anilines is 1. The average Bonchev–Trinajstić information content (AvgIpc) is 2.29. The van der Waals surface area contributed by atoms with Gasteiger partial charge in [0.25, 0.3) is 0 Å². The van der Waals surface area contributed by atoms with Crippen LogP contribution in [0.3, 0.4) is 0 Å². The Morgan fingerprint density at radius 1 is 1.65 bits per heavy atom. The molecule has 1 unspecified atom stereocenters. The molecule has 4 N–H and O–H groups in total. The number of nitrogens with two attached hydrogens (primary N) is 1. The highest BCUT2D eigenvalue weighted by molar-refractivity contribution is 7.80. The third-order valence-electron chi connectivity index (χ3n) is 2.14. The number of hydrogen-bond acceptors (Lipinski definition) is 4. The molecule has 0 fully saturated rings. The molecule has 0 saturated carbocycles. The van der Waals surface area contributed by atoms with Gasteiger partial charge in [0.15, 0.2) is 0 Å². The van der Waals surface area contributed by atoms with Crippen LogP contribution in [-0.4, -0.2) is 28.5 Å². The molecule has 0 spiro atoms. The summed E-state index contributed by atoms with van der Waals surface area (Å²) in [5, 5.41) is 5.79. The molecule has 1 amide bonds. The number of hydrogen-bond donors (Lipinski definition) is 3. The normalized spacial score (nSPS) is 11.6. The zero-order chi connectivity index (χ0) is 12.8. The minimum absolute atomic E-state index is 0.0545. The van der Waals surface area contributed by atoms with Crippen LogP contribution in [-0.2, 0) is 4.79 Å². The van der Waals surface area contributed by atoms with E-state index in [0.29, 0.717) is 12.2 Å². The van der Waals surface area contributed by atoms with Crippen LogP contribution in [0.5, 0.6) is 0 Å². The van der Waals surface area contributed by atoms with Gasteiger partial charge in [0.1, 0.15) is 11.0 Å². The van der Waals surface area contributed by atoms with E-state index in [1.54, 1.807) is 25.3 Å². The Bertz CT molecular complexity index is 422. The van der Waals surface area contributed by atoms with E-state index in [9.17, 15) is 4.79 Å². The van der Waals surface area contributed by atoms with Crippen LogP contribution in [0, 0.1) is 0 Å². The van der Waals surface area contributed by atoms with Crippen LogP contribution in [0.4, 0.5) is 5.69 Å². The summed E-state index contributed by atoms with van der Waals surface area (Å²) in [6.07, 6.45) is 1.60. The van der Waals surface area contributed by atoms with E-state index in [-0.39, 0.29) is 16.9 Å². The molecular weight excluding hydrogens is 236 g/mol. The van der Waals surface area contributed by atoms with Gasteiger partial charge in [0.05, 0.1) is 5.69 Å². The molecule has 1 aromatic heterocycles. The topological polar surface area (TPSA) is 80.0 Å². The molecule has 0 aliphatic rings. The maximum atomic E-state index is 11.5. The number of nitrogens with zero attached hydrogens (tertiary/aromatic N) is 1. The lowest BCUT2D eigenvalue weighted by Crippen LogP contribution is -2.37. The summed E-state index contributed by atoms with van der Waals surface area (Å²) in [6.45, 7) is 4.27. The summed E-state index contributed by atoms with van der Waals surface area (Å²) >= 11 is 4.84. The minimum Gasteiger partial charge on any atom is -0.388 e. The fourth-order valence-electron chi connectivity index (χ4n) is 1.30. The van der Waals surface area contributed by atoms with Crippen LogP contribution in [0.2, 0.25) is 0 Å². The number of carbonyl (C=O) groups is 1. The number of nitrogens with one attached hydrogen (secondary N) is 2. The molecule has 92 valence electrons. The number of likely N-dealkylation sites (N-methyl/N-ethyl adjacent to an activating group) is 1. The van der Waals surface area contributed by atoms with Gasteiger partial charge in [-0.15, -0.1) is 0 Å². The monoisotopic (exact) mass is 252 g/mol. The maximum Gasteiger partial charge on any atom is 0.242 e. The van der Waals surface area contributed by atoms with Gasteiger partial charge in [-0.3, -0.25) is 9.78 Å². The molecule has 0 aromatic carbocycles. The molecule has 1 rings (SSSR count). The summed E-state index contributed by atoms with van der Waals surface area (Å²) in [7, 11) is 0. The van der Waals surface area contributed by atoms with Gasteiger partial charge in [-0.1, -0.05) is 12.2 Å². The van der Waals surface area contributed by atoms with E-state index >= 15 is 0 Å². The van der Waals surface area contributed by atoms with E-state index in [0.717, 1.165) is 5.69 Å². The predicted molar refractivity (Wildman–Crippen MR) is 71.9 cm³/mol. The summed E-state index contributed by atoms with van der Waals surface area (Å²) in [4.78, 5) is 15.8. The van der Waals surface area contributed by atoms with Gasteiger partial charge >= 0.3 is 0 Å². The van der Waals surface area contributed by atoms with Crippen molar-refractivity contribution in [3.8, 4) is 0 Å². The van der Waals surface area contributed by atoms with Crippen molar-refractivity contribution in [2.45, 2.75) is 19.9 Å². The lowest BCUT2D eigenvalue weighted by atomic mass is 10.2. The second-order valence-electron chi connectivity index (χ2n) is 3.55. The predicted octanol–water partition coefficient (Wildman–Crippen LogP) is 0.652. The number of aromatic nitrogens is 1. The van der Waals surface area contributed by atoms with Gasteiger partial charge in [-0.05, 0) is 26.0 Å². The molecular formula is C11H16N4OS. The summed E-state index contributed by atoms with van der Waals surface area (Å²) in [6, 6.07) is 3.16. The van der Waals surface area contributed by atoms with Crippen LogP contribution < -0.4 is 16.4 Å². The average molecular weight is 252 g/mol. The first kappa shape index (κ1) is 13.4. The van der Waals surface area contributed by atoms with Crippen molar-refractivity contribution < 1.29 is 4.79 Å². The first-order valence-corrected chi connectivity index (χ1v) is 5.75. The van der Waals surface area contributed by atoms with Crippen molar-refractivity contribution in [2.24, 2.45) is 5.73 Å². The Morgan fingerprint density at radius 2 is 2.35 bits per heavy atom. The quantitative estimate of drug-likeness (QED) is 0.671. The molecule has 1 heterocycles. The second-order valence-corrected chi connectivity index (χ2v) is 3.99. The molecule has 0 aliphatic carbocycles. The highest BCUT2D eigenvalue weighted by Gasteiger charge is 2.11.